The topological polar surface area (TPSA) is 110 Å². The van der Waals surface area contributed by atoms with Gasteiger partial charge in [-0.15, -0.1) is 0 Å². The highest BCUT2D eigenvalue weighted by molar-refractivity contribution is 5.77. The number of nitrogens with zero attached hydrogens (tertiary/aromatic N) is 1. The van der Waals surface area contributed by atoms with Crippen LogP contribution >= 0.6 is 0 Å². The summed E-state index contributed by atoms with van der Waals surface area (Å²) >= 11 is 0. The molecule has 0 spiro atoms. The number of carbonyl (C=O) groups is 2. The molecule has 1 fully saturated rings. The molecule has 1 rings (SSSR count). The average Bonchev–Trinajstić information content (AvgIpc) is 2.85. The molecule has 1 atom stereocenters. The Morgan fingerprint density at radius 1 is 1.33 bits per heavy atom. The Morgan fingerprint density at radius 2 is 1.94 bits per heavy atom. The molecule has 1 aliphatic rings. The monoisotopic (exact) mass is 260 g/mol. The van der Waals surface area contributed by atoms with E-state index in [0.717, 1.165) is 25.7 Å². The predicted octanol–water partition coefficient (Wildman–Crippen LogP) is -0.622. The molecular weight excluding hydrogens is 240 g/mol. The Hall–Kier alpha value is -1.34. The molecule has 0 aromatic carbocycles. The molecule has 7 nitrogen and oxygen atoms in total. The first-order chi connectivity index (χ1) is 8.56. The van der Waals surface area contributed by atoms with Gasteiger partial charge in [0.15, 0.2) is 6.10 Å². The van der Waals surface area contributed by atoms with Gasteiger partial charge >= 0.3 is 12.0 Å². The number of nitrogens with one attached hydrogen (secondary N) is 1. The third-order valence-corrected chi connectivity index (χ3v) is 3.10. The number of carboxylic acids is 1. The van der Waals surface area contributed by atoms with E-state index in [1.165, 1.54) is 4.90 Å². The van der Waals surface area contributed by atoms with Gasteiger partial charge in [0.05, 0.1) is 13.2 Å². The van der Waals surface area contributed by atoms with E-state index < -0.39 is 18.1 Å². The number of aliphatic hydroxyl groups is 2. The van der Waals surface area contributed by atoms with Crippen molar-refractivity contribution in [3.8, 4) is 0 Å². The number of carbonyl (C=O) groups excluding carboxylic acids is 1. The summed E-state index contributed by atoms with van der Waals surface area (Å²) in [5.41, 5.74) is 0. The van der Waals surface area contributed by atoms with Crippen LogP contribution in [0.15, 0.2) is 0 Å². The van der Waals surface area contributed by atoms with Gasteiger partial charge in [-0.3, -0.25) is 0 Å². The lowest BCUT2D eigenvalue weighted by atomic mass is 10.2. The molecule has 0 heterocycles. The third-order valence-electron chi connectivity index (χ3n) is 3.10. The quantitative estimate of drug-likeness (QED) is 0.508. The second kappa shape index (κ2) is 7.17. The van der Waals surface area contributed by atoms with Gasteiger partial charge in [0.2, 0.25) is 0 Å². The summed E-state index contributed by atoms with van der Waals surface area (Å²) in [5, 5.41) is 28.9. The van der Waals surface area contributed by atoms with Gasteiger partial charge in [-0.1, -0.05) is 12.8 Å². The zero-order valence-corrected chi connectivity index (χ0v) is 10.2. The summed E-state index contributed by atoms with van der Waals surface area (Å²) in [4.78, 5) is 23.8. The summed E-state index contributed by atoms with van der Waals surface area (Å²) in [5.74, 6) is -1.37. The molecule has 0 radical (unpaired) electrons. The average molecular weight is 260 g/mol. The fourth-order valence-electron chi connectivity index (χ4n) is 2.15. The minimum atomic E-state index is -1.60. The molecule has 104 valence electrons. The Morgan fingerprint density at radius 3 is 2.44 bits per heavy atom. The third kappa shape index (κ3) is 4.15. The van der Waals surface area contributed by atoms with Crippen LogP contribution in [-0.4, -0.2) is 64.1 Å². The fourth-order valence-corrected chi connectivity index (χ4v) is 2.15. The van der Waals surface area contributed by atoms with Crippen molar-refractivity contribution in [2.75, 3.05) is 19.7 Å². The van der Waals surface area contributed by atoms with Gasteiger partial charge in [0.25, 0.3) is 0 Å². The van der Waals surface area contributed by atoms with Crippen LogP contribution < -0.4 is 5.32 Å². The van der Waals surface area contributed by atoms with E-state index in [-0.39, 0.29) is 25.7 Å². The fraction of sp³-hybridized carbons (Fsp3) is 0.818. The molecule has 1 unspecified atom stereocenters. The smallest absolute Gasteiger partial charge is 0.334 e. The lowest BCUT2D eigenvalue weighted by molar-refractivity contribution is -0.146. The van der Waals surface area contributed by atoms with Crippen LogP contribution in [0.3, 0.4) is 0 Å². The van der Waals surface area contributed by atoms with Crippen LogP contribution in [-0.2, 0) is 4.79 Å². The number of rotatable bonds is 6. The van der Waals surface area contributed by atoms with Crippen LogP contribution in [0.1, 0.15) is 25.7 Å². The number of hydrogen-bond acceptors (Lipinski definition) is 4. The summed E-state index contributed by atoms with van der Waals surface area (Å²) in [6, 6.07) is -0.338. The normalized spacial score (nSPS) is 17.4. The molecule has 4 N–H and O–H groups in total. The van der Waals surface area contributed by atoms with E-state index in [2.05, 4.69) is 5.32 Å². The second-order valence-corrected chi connectivity index (χ2v) is 4.40. The molecule has 0 aromatic heterocycles. The van der Waals surface area contributed by atoms with Crippen LogP contribution in [0, 0.1) is 0 Å². The first-order valence-electron chi connectivity index (χ1n) is 6.12. The molecule has 7 heteroatoms. The highest BCUT2D eigenvalue weighted by Gasteiger charge is 2.26. The van der Waals surface area contributed by atoms with Crippen molar-refractivity contribution in [2.45, 2.75) is 37.8 Å². The summed E-state index contributed by atoms with van der Waals surface area (Å²) in [6.45, 7) is -0.242. The summed E-state index contributed by atoms with van der Waals surface area (Å²) < 4.78 is 0. The van der Waals surface area contributed by atoms with E-state index in [4.69, 9.17) is 15.3 Å². The van der Waals surface area contributed by atoms with Gasteiger partial charge in [0, 0.05) is 12.6 Å². The van der Waals surface area contributed by atoms with Crippen molar-refractivity contribution in [1.82, 2.24) is 10.2 Å². The van der Waals surface area contributed by atoms with Crippen molar-refractivity contribution < 1.29 is 24.9 Å². The molecular formula is C11H20N2O5. The van der Waals surface area contributed by atoms with E-state index in [9.17, 15) is 9.59 Å². The molecule has 1 saturated carbocycles. The minimum Gasteiger partial charge on any atom is -0.479 e. The number of aliphatic hydroxyl groups excluding tert-OH is 2. The second-order valence-electron chi connectivity index (χ2n) is 4.40. The van der Waals surface area contributed by atoms with Crippen molar-refractivity contribution in [3.63, 3.8) is 0 Å². The Kier molecular flexibility index (Phi) is 5.87. The van der Waals surface area contributed by atoms with Crippen LogP contribution in [0.5, 0.6) is 0 Å². The minimum absolute atomic E-state index is 0.0964. The maximum Gasteiger partial charge on any atom is 0.334 e. The highest BCUT2D eigenvalue weighted by Crippen LogP contribution is 2.23. The van der Waals surface area contributed by atoms with E-state index in [1.54, 1.807) is 0 Å². The molecule has 0 aromatic rings. The Labute approximate surface area is 105 Å². The van der Waals surface area contributed by atoms with Crippen LogP contribution in [0.25, 0.3) is 0 Å². The standard InChI is InChI=1S/C11H20N2O5/c14-6-5-13(8-3-1-2-4-8)11(18)12-7-9(15)10(16)17/h8-9,14-15H,1-7H2,(H,12,18)(H,16,17). The number of hydrogen-bond donors (Lipinski definition) is 4. The summed E-state index contributed by atoms with van der Waals surface area (Å²) in [7, 11) is 0. The molecule has 18 heavy (non-hydrogen) atoms. The number of aliphatic carboxylic acids is 1. The van der Waals surface area contributed by atoms with Gasteiger partial charge in [-0.05, 0) is 12.8 Å². The lowest BCUT2D eigenvalue weighted by Crippen LogP contribution is -2.49. The number of urea groups is 1. The van der Waals surface area contributed by atoms with Gasteiger partial charge < -0.3 is 25.5 Å². The molecule has 2 amide bonds. The van der Waals surface area contributed by atoms with Crippen LogP contribution in [0.2, 0.25) is 0 Å². The maximum atomic E-state index is 11.8. The maximum absolute atomic E-state index is 11.8. The highest BCUT2D eigenvalue weighted by atomic mass is 16.4. The Bertz CT molecular complexity index is 291. The molecule has 0 saturated heterocycles. The van der Waals surface area contributed by atoms with Crippen molar-refractivity contribution in [2.24, 2.45) is 0 Å². The Balaban J connectivity index is 2.46. The SMILES string of the molecule is O=C(O)C(O)CNC(=O)N(CCO)C1CCCC1. The van der Waals surface area contributed by atoms with E-state index in [1.807, 2.05) is 0 Å². The van der Waals surface area contributed by atoms with Crippen LogP contribution in [0.4, 0.5) is 4.79 Å². The predicted molar refractivity (Wildman–Crippen MR) is 63.1 cm³/mol. The number of carboxylic acid groups (broad SMARTS) is 1. The van der Waals surface area contributed by atoms with Gasteiger partial charge in [-0.2, -0.15) is 0 Å². The van der Waals surface area contributed by atoms with E-state index in [0.29, 0.717) is 0 Å². The van der Waals surface area contributed by atoms with Crippen molar-refractivity contribution in [3.05, 3.63) is 0 Å². The zero-order valence-electron chi connectivity index (χ0n) is 10.2. The van der Waals surface area contributed by atoms with Crippen molar-refractivity contribution in [1.29, 1.82) is 0 Å². The zero-order chi connectivity index (χ0) is 13.5. The molecule has 0 aliphatic heterocycles. The van der Waals surface area contributed by atoms with E-state index >= 15 is 0 Å². The van der Waals surface area contributed by atoms with Crippen molar-refractivity contribution >= 4 is 12.0 Å². The lowest BCUT2D eigenvalue weighted by Gasteiger charge is -2.28. The molecule has 0 bridgehead atoms. The van der Waals surface area contributed by atoms with Gasteiger partial charge in [0.1, 0.15) is 0 Å². The number of amides is 2. The largest absolute Gasteiger partial charge is 0.479 e. The molecule has 1 aliphatic carbocycles. The summed E-state index contributed by atoms with van der Waals surface area (Å²) in [6.07, 6.45) is 2.30. The first kappa shape index (κ1) is 14.7. The first-order valence-corrected chi connectivity index (χ1v) is 6.12. The van der Waals surface area contributed by atoms with Gasteiger partial charge in [-0.25, -0.2) is 9.59 Å².